The quantitative estimate of drug-likeness (QED) is 0.407. The molecular weight excluding hydrogens is 429 g/mol. The number of likely N-dealkylation sites (tertiary alicyclic amines) is 1. The second-order valence-corrected chi connectivity index (χ2v) is 8.11. The third-order valence-corrected chi connectivity index (χ3v) is 5.81. The van der Waals surface area contributed by atoms with E-state index in [0.717, 1.165) is 44.5 Å². The summed E-state index contributed by atoms with van der Waals surface area (Å²) in [6, 6.07) is 12.3. The Hall–Kier alpha value is -3.66. The van der Waals surface area contributed by atoms with E-state index in [1.807, 2.05) is 12.1 Å². The van der Waals surface area contributed by atoms with Crippen LogP contribution >= 0.6 is 0 Å². The summed E-state index contributed by atoms with van der Waals surface area (Å²) in [4.78, 5) is 24.9. The molecule has 0 bridgehead atoms. The number of nitrogens with zero attached hydrogens (tertiary/aromatic N) is 4. The number of nitro benzene ring substituents is 1. The molecule has 2 aromatic carbocycles. The van der Waals surface area contributed by atoms with E-state index in [2.05, 4.69) is 20.4 Å². The minimum absolute atomic E-state index is 0.0440. The van der Waals surface area contributed by atoms with E-state index in [4.69, 9.17) is 4.42 Å². The van der Waals surface area contributed by atoms with Crippen molar-refractivity contribution in [2.75, 3.05) is 19.6 Å². The van der Waals surface area contributed by atoms with Gasteiger partial charge in [-0.15, -0.1) is 10.2 Å². The Morgan fingerprint density at radius 1 is 1.12 bits per heavy atom. The molecule has 0 unspecified atom stereocenters. The van der Waals surface area contributed by atoms with E-state index < -0.39 is 10.8 Å². The maximum Gasteiger partial charge on any atom is 0.308 e. The predicted octanol–water partition coefficient (Wildman–Crippen LogP) is 3.82. The zero-order valence-corrected chi connectivity index (χ0v) is 17.9. The van der Waals surface area contributed by atoms with Crippen LogP contribution in [-0.2, 0) is 6.54 Å². The lowest BCUT2D eigenvalue weighted by Gasteiger charge is -2.32. The van der Waals surface area contributed by atoms with E-state index in [1.165, 1.54) is 36.4 Å². The van der Waals surface area contributed by atoms with Gasteiger partial charge >= 0.3 is 11.8 Å². The Bertz CT molecular complexity index is 1090. The molecule has 1 aliphatic rings. The Labute approximate surface area is 189 Å². The summed E-state index contributed by atoms with van der Waals surface area (Å²) < 4.78 is 18.5. The summed E-state index contributed by atoms with van der Waals surface area (Å²) in [6.07, 6.45) is 2.95. The molecule has 1 fully saturated rings. The first-order valence-electron chi connectivity index (χ1n) is 10.8. The first-order valence-corrected chi connectivity index (χ1v) is 10.8. The lowest BCUT2D eigenvalue weighted by atomic mass is 9.93. The van der Waals surface area contributed by atoms with Gasteiger partial charge in [-0.2, -0.15) is 0 Å². The molecular formula is C23H24FN5O4. The van der Waals surface area contributed by atoms with Crippen molar-refractivity contribution in [1.29, 1.82) is 0 Å². The molecule has 2 heterocycles. The van der Waals surface area contributed by atoms with Crippen LogP contribution in [0.3, 0.4) is 0 Å². The maximum atomic E-state index is 13.0. The number of nitro groups is 1. The highest BCUT2D eigenvalue weighted by Gasteiger charge is 2.21. The van der Waals surface area contributed by atoms with Crippen LogP contribution < -0.4 is 5.32 Å². The van der Waals surface area contributed by atoms with Crippen molar-refractivity contribution in [3.05, 3.63) is 75.9 Å². The van der Waals surface area contributed by atoms with Gasteiger partial charge in [0.15, 0.2) is 0 Å². The van der Waals surface area contributed by atoms with Crippen molar-refractivity contribution in [1.82, 2.24) is 20.4 Å². The summed E-state index contributed by atoms with van der Waals surface area (Å²) in [5.41, 5.74) is 1.56. The smallest absolute Gasteiger partial charge is 0.308 e. The number of amides is 1. The fourth-order valence-corrected chi connectivity index (χ4v) is 3.90. The van der Waals surface area contributed by atoms with Crippen LogP contribution in [0.15, 0.2) is 52.9 Å². The number of carbonyl (C=O) groups excluding carboxylic acids is 1. The van der Waals surface area contributed by atoms with Gasteiger partial charge in [-0.25, -0.2) is 4.39 Å². The van der Waals surface area contributed by atoms with E-state index in [1.54, 1.807) is 0 Å². The van der Waals surface area contributed by atoms with Crippen molar-refractivity contribution in [2.45, 2.75) is 25.8 Å². The van der Waals surface area contributed by atoms with Crippen molar-refractivity contribution < 1.29 is 18.5 Å². The van der Waals surface area contributed by atoms with Gasteiger partial charge in [0, 0.05) is 30.8 Å². The maximum absolute atomic E-state index is 13.0. The van der Waals surface area contributed by atoms with E-state index >= 15 is 0 Å². The van der Waals surface area contributed by atoms with Gasteiger partial charge in [0.2, 0.25) is 5.89 Å². The molecule has 9 nitrogen and oxygen atoms in total. The number of non-ortho nitro benzene ring substituents is 1. The van der Waals surface area contributed by atoms with Crippen molar-refractivity contribution in [3.63, 3.8) is 0 Å². The number of benzene rings is 2. The SMILES string of the molecule is O=C(NCCC1CCN(Cc2ccc(F)cc2)CC1)c1nnc(-c2ccc([N+](=O)[O-])cc2)o1. The van der Waals surface area contributed by atoms with Crippen LogP contribution in [0.4, 0.5) is 10.1 Å². The van der Waals surface area contributed by atoms with Gasteiger partial charge in [0.1, 0.15) is 5.82 Å². The molecule has 3 aromatic rings. The molecule has 4 rings (SSSR count). The van der Waals surface area contributed by atoms with Gasteiger partial charge in [-0.1, -0.05) is 12.1 Å². The van der Waals surface area contributed by atoms with Crippen LogP contribution in [0.2, 0.25) is 0 Å². The standard InChI is InChI=1S/C23H24FN5O4/c24-19-5-1-17(2-6-19)15-28-13-10-16(11-14-28)9-12-25-21(30)23-27-26-22(33-23)18-3-7-20(8-4-18)29(31)32/h1-8,16H,9-15H2,(H,25,30). The Kier molecular flexibility index (Phi) is 7.04. The molecule has 0 aliphatic carbocycles. The highest BCUT2D eigenvalue weighted by molar-refractivity contribution is 5.89. The second-order valence-electron chi connectivity index (χ2n) is 8.11. The molecule has 0 atom stereocenters. The molecule has 0 radical (unpaired) electrons. The lowest BCUT2D eigenvalue weighted by Crippen LogP contribution is -2.35. The number of piperidine rings is 1. The first kappa shape index (κ1) is 22.5. The Balaban J connectivity index is 1.19. The molecule has 1 amide bonds. The van der Waals surface area contributed by atoms with Crippen LogP contribution in [-0.4, -0.2) is 45.6 Å². The molecule has 1 N–H and O–H groups in total. The van der Waals surface area contributed by atoms with Crippen molar-refractivity contribution >= 4 is 11.6 Å². The molecule has 1 saturated heterocycles. The summed E-state index contributed by atoms with van der Waals surface area (Å²) in [5, 5.41) is 21.2. The number of rotatable bonds is 8. The third-order valence-electron chi connectivity index (χ3n) is 5.81. The number of hydrogen-bond donors (Lipinski definition) is 1. The molecule has 0 spiro atoms. The topological polar surface area (TPSA) is 114 Å². The molecule has 10 heteroatoms. The summed E-state index contributed by atoms with van der Waals surface area (Å²) in [5.74, 6) is -0.152. The second kappa shape index (κ2) is 10.3. The van der Waals surface area contributed by atoms with Gasteiger partial charge in [0.05, 0.1) is 4.92 Å². The number of carbonyl (C=O) groups is 1. The number of aromatic nitrogens is 2. The Morgan fingerprint density at radius 2 is 1.82 bits per heavy atom. The summed E-state index contributed by atoms with van der Waals surface area (Å²) >= 11 is 0. The van der Waals surface area contributed by atoms with Gasteiger partial charge in [-0.05, 0) is 68.1 Å². The average Bonchev–Trinajstić information content (AvgIpc) is 3.32. The Morgan fingerprint density at radius 3 is 2.48 bits per heavy atom. The molecule has 172 valence electrons. The van der Waals surface area contributed by atoms with Crippen LogP contribution in [0.5, 0.6) is 0 Å². The van der Waals surface area contributed by atoms with Crippen molar-refractivity contribution in [2.24, 2.45) is 5.92 Å². The van der Waals surface area contributed by atoms with Gasteiger partial charge in [0.25, 0.3) is 5.69 Å². The monoisotopic (exact) mass is 453 g/mol. The fraction of sp³-hybridized carbons (Fsp3) is 0.348. The van der Waals surface area contributed by atoms with Crippen LogP contribution in [0, 0.1) is 21.8 Å². The summed E-state index contributed by atoms with van der Waals surface area (Å²) in [6.45, 7) is 3.27. The third kappa shape index (κ3) is 5.98. The average molecular weight is 453 g/mol. The predicted molar refractivity (Wildman–Crippen MR) is 118 cm³/mol. The number of hydrogen-bond acceptors (Lipinski definition) is 7. The summed E-state index contributed by atoms with van der Waals surface area (Å²) in [7, 11) is 0. The normalized spacial score (nSPS) is 14.8. The molecule has 1 aromatic heterocycles. The van der Waals surface area contributed by atoms with Crippen LogP contribution in [0.25, 0.3) is 11.5 Å². The minimum Gasteiger partial charge on any atom is -0.412 e. The van der Waals surface area contributed by atoms with Gasteiger partial charge < -0.3 is 9.73 Å². The highest BCUT2D eigenvalue weighted by Crippen LogP contribution is 2.23. The minimum atomic E-state index is -0.494. The van der Waals surface area contributed by atoms with Gasteiger partial charge in [-0.3, -0.25) is 19.8 Å². The molecule has 1 aliphatic heterocycles. The fourth-order valence-electron chi connectivity index (χ4n) is 3.90. The number of nitrogens with one attached hydrogen (secondary N) is 1. The molecule has 0 saturated carbocycles. The zero-order valence-electron chi connectivity index (χ0n) is 17.9. The first-order chi connectivity index (χ1) is 16.0. The van der Waals surface area contributed by atoms with E-state index in [-0.39, 0.29) is 23.3 Å². The largest absolute Gasteiger partial charge is 0.412 e. The van der Waals surface area contributed by atoms with Crippen molar-refractivity contribution in [3.8, 4) is 11.5 Å². The lowest BCUT2D eigenvalue weighted by molar-refractivity contribution is -0.384. The highest BCUT2D eigenvalue weighted by atomic mass is 19.1. The zero-order chi connectivity index (χ0) is 23.2. The van der Waals surface area contributed by atoms with E-state index in [0.29, 0.717) is 18.0 Å². The molecule has 33 heavy (non-hydrogen) atoms. The number of halogens is 1. The van der Waals surface area contributed by atoms with E-state index in [9.17, 15) is 19.3 Å². The van der Waals surface area contributed by atoms with Crippen LogP contribution in [0.1, 0.15) is 35.5 Å².